The maximum atomic E-state index is 9.06. The summed E-state index contributed by atoms with van der Waals surface area (Å²) in [5, 5.41) is 9.06. The van der Waals surface area contributed by atoms with Gasteiger partial charge in [-0.3, -0.25) is 0 Å². The Morgan fingerprint density at radius 2 is 1.12 bits per heavy atom. The lowest BCUT2D eigenvalue weighted by atomic mass is 9.90. The second-order valence-corrected chi connectivity index (χ2v) is 9.26. The molecule has 0 radical (unpaired) electrons. The van der Waals surface area contributed by atoms with Crippen LogP contribution in [0, 0.1) is 0 Å². The molecule has 0 fully saturated rings. The summed E-state index contributed by atoms with van der Waals surface area (Å²) >= 11 is 0. The number of benzene rings is 3. The van der Waals surface area contributed by atoms with Crippen LogP contribution in [0.2, 0.25) is 0 Å². The molecule has 3 aromatic carbocycles. The van der Waals surface area contributed by atoms with Gasteiger partial charge >= 0.3 is 0 Å². The van der Waals surface area contributed by atoms with Crippen molar-refractivity contribution in [2.75, 3.05) is 6.61 Å². The summed E-state index contributed by atoms with van der Waals surface area (Å²) in [6.07, 6.45) is 11.5. The predicted octanol–water partition coefficient (Wildman–Crippen LogP) is 8.58. The number of rotatable bonds is 13. The lowest BCUT2D eigenvalue weighted by Crippen LogP contribution is -1.95. The second-order valence-electron chi connectivity index (χ2n) is 9.26. The lowest BCUT2D eigenvalue weighted by molar-refractivity contribution is 0.284. The zero-order valence-electron chi connectivity index (χ0n) is 21.0. The first-order valence-electron chi connectivity index (χ1n) is 13.1. The molecule has 0 saturated heterocycles. The number of unbranched alkanes of at least 4 members (excludes halogenated alkanes) is 4. The van der Waals surface area contributed by atoms with Gasteiger partial charge in [0.25, 0.3) is 0 Å². The van der Waals surface area contributed by atoms with E-state index < -0.39 is 0 Å². The molecule has 0 bridgehead atoms. The third-order valence-corrected chi connectivity index (χ3v) is 6.81. The molecule has 0 amide bonds. The van der Waals surface area contributed by atoms with E-state index in [1.165, 1.54) is 76.6 Å². The highest BCUT2D eigenvalue weighted by Gasteiger charge is 2.10. The van der Waals surface area contributed by atoms with E-state index in [1.807, 2.05) is 0 Å². The summed E-state index contributed by atoms with van der Waals surface area (Å²) in [5.74, 6) is 0. The molecule has 1 nitrogen and oxygen atoms in total. The van der Waals surface area contributed by atoms with Gasteiger partial charge in [0, 0.05) is 6.61 Å². The zero-order valence-corrected chi connectivity index (χ0v) is 21.0. The fourth-order valence-corrected chi connectivity index (χ4v) is 4.76. The van der Waals surface area contributed by atoms with Gasteiger partial charge in [-0.1, -0.05) is 101 Å². The van der Waals surface area contributed by atoms with Crippen LogP contribution in [0.25, 0.3) is 22.3 Å². The Morgan fingerprint density at radius 1 is 0.545 bits per heavy atom. The standard InChI is InChI=1S/C32H42O/c1-4-7-8-9-12-25-14-17-29(18-15-25)31-21-19-30(24-28(31)6-3)32-20-16-26(13-10-11-22-33)23-27(32)5-2/h14-21,23-24,33H,4-13,22H2,1-3H3. The van der Waals surface area contributed by atoms with Crippen LogP contribution in [-0.4, -0.2) is 11.7 Å². The van der Waals surface area contributed by atoms with Crippen LogP contribution in [0.4, 0.5) is 0 Å². The highest BCUT2D eigenvalue weighted by atomic mass is 16.2. The number of hydrogen-bond acceptors (Lipinski definition) is 1. The van der Waals surface area contributed by atoms with Crippen LogP contribution < -0.4 is 0 Å². The Hall–Kier alpha value is -2.38. The van der Waals surface area contributed by atoms with Crippen molar-refractivity contribution < 1.29 is 5.11 Å². The third-order valence-electron chi connectivity index (χ3n) is 6.81. The topological polar surface area (TPSA) is 20.2 Å². The minimum absolute atomic E-state index is 0.284. The first-order valence-corrected chi connectivity index (χ1v) is 13.1. The molecule has 176 valence electrons. The maximum absolute atomic E-state index is 9.06. The molecule has 0 saturated carbocycles. The third kappa shape index (κ3) is 7.05. The van der Waals surface area contributed by atoms with E-state index in [0.29, 0.717) is 0 Å². The molecule has 3 rings (SSSR count). The Balaban J connectivity index is 1.79. The van der Waals surface area contributed by atoms with E-state index in [-0.39, 0.29) is 6.61 Å². The van der Waals surface area contributed by atoms with Crippen LogP contribution in [0.15, 0.2) is 60.7 Å². The van der Waals surface area contributed by atoms with E-state index in [1.54, 1.807) is 0 Å². The zero-order chi connectivity index (χ0) is 23.5. The van der Waals surface area contributed by atoms with Gasteiger partial charge in [-0.2, -0.15) is 0 Å². The summed E-state index contributed by atoms with van der Waals surface area (Å²) in [5.41, 5.74) is 11.0. The van der Waals surface area contributed by atoms with E-state index in [2.05, 4.69) is 81.4 Å². The molecule has 33 heavy (non-hydrogen) atoms. The molecule has 0 aliphatic carbocycles. The maximum Gasteiger partial charge on any atom is 0.0431 e. The van der Waals surface area contributed by atoms with E-state index in [0.717, 1.165) is 32.1 Å². The molecule has 0 unspecified atom stereocenters. The Bertz CT molecular complexity index is 984. The van der Waals surface area contributed by atoms with Crippen LogP contribution in [0.3, 0.4) is 0 Å². The molecular weight excluding hydrogens is 400 g/mol. The summed E-state index contributed by atoms with van der Waals surface area (Å²) < 4.78 is 0. The Morgan fingerprint density at radius 3 is 1.82 bits per heavy atom. The Kier molecular flexibility index (Phi) is 10.2. The van der Waals surface area contributed by atoms with E-state index >= 15 is 0 Å². The van der Waals surface area contributed by atoms with Crippen molar-refractivity contribution in [1.29, 1.82) is 0 Å². The molecule has 0 aliphatic heterocycles. The van der Waals surface area contributed by atoms with Crippen LogP contribution in [0.5, 0.6) is 0 Å². The van der Waals surface area contributed by atoms with Crippen LogP contribution in [-0.2, 0) is 25.7 Å². The van der Waals surface area contributed by atoms with Gasteiger partial charge in [-0.05, 0) is 89.5 Å². The Labute approximate surface area is 201 Å². The molecule has 3 aromatic rings. The van der Waals surface area contributed by atoms with Gasteiger partial charge in [0.2, 0.25) is 0 Å². The minimum atomic E-state index is 0.284. The molecule has 1 heteroatoms. The van der Waals surface area contributed by atoms with Crippen molar-refractivity contribution in [1.82, 2.24) is 0 Å². The van der Waals surface area contributed by atoms with Crippen molar-refractivity contribution in [3.8, 4) is 22.3 Å². The van der Waals surface area contributed by atoms with Crippen molar-refractivity contribution in [3.63, 3.8) is 0 Å². The fourth-order valence-electron chi connectivity index (χ4n) is 4.76. The summed E-state index contributed by atoms with van der Waals surface area (Å²) in [7, 11) is 0. The predicted molar refractivity (Wildman–Crippen MR) is 144 cm³/mol. The summed E-state index contributed by atoms with van der Waals surface area (Å²) in [6.45, 7) is 7.06. The van der Waals surface area contributed by atoms with Gasteiger partial charge in [-0.15, -0.1) is 0 Å². The van der Waals surface area contributed by atoms with Crippen molar-refractivity contribution in [3.05, 3.63) is 82.9 Å². The van der Waals surface area contributed by atoms with Gasteiger partial charge in [0.15, 0.2) is 0 Å². The number of hydrogen-bond donors (Lipinski definition) is 1. The highest BCUT2D eigenvalue weighted by molar-refractivity contribution is 5.75. The van der Waals surface area contributed by atoms with Crippen molar-refractivity contribution in [2.45, 2.75) is 85.0 Å². The lowest BCUT2D eigenvalue weighted by Gasteiger charge is -2.15. The normalized spacial score (nSPS) is 11.2. The molecular formula is C32H42O. The average Bonchev–Trinajstić information content (AvgIpc) is 2.86. The summed E-state index contributed by atoms with van der Waals surface area (Å²) in [4.78, 5) is 0. The van der Waals surface area contributed by atoms with Crippen LogP contribution >= 0.6 is 0 Å². The molecule has 0 heterocycles. The quantitative estimate of drug-likeness (QED) is 0.263. The molecule has 0 atom stereocenters. The smallest absolute Gasteiger partial charge is 0.0431 e. The average molecular weight is 443 g/mol. The summed E-state index contributed by atoms with van der Waals surface area (Å²) in [6, 6.07) is 23.2. The first-order chi connectivity index (χ1) is 16.2. The monoisotopic (exact) mass is 442 g/mol. The largest absolute Gasteiger partial charge is 0.396 e. The van der Waals surface area contributed by atoms with E-state index in [9.17, 15) is 0 Å². The van der Waals surface area contributed by atoms with Crippen molar-refractivity contribution in [2.24, 2.45) is 0 Å². The van der Waals surface area contributed by atoms with Crippen LogP contribution in [0.1, 0.15) is 81.5 Å². The number of aliphatic hydroxyl groups excluding tert-OH is 1. The van der Waals surface area contributed by atoms with Gasteiger partial charge < -0.3 is 5.11 Å². The van der Waals surface area contributed by atoms with E-state index in [4.69, 9.17) is 5.11 Å². The first kappa shape index (κ1) is 25.2. The molecule has 1 N–H and O–H groups in total. The van der Waals surface area contributed by atoms with Gasteiger partial charge in [0.1, 0.15) is 0 Å². The number of aliphatic hydroxyl groups is 1. The SMILES string of the molecule is CCCCCCc1ccc(-c2ccc(-c3ccc(CCCCO)cc3CC)cc2CC)cc1. The molecule has 0 aromatic heterocycles. The fraction of sp³-hybridized carbons (Fsp3) is 0.438. The van der Waals surface area contributed by atoms with Crippen molar-refractivity contribution >= 4 is 0 Å². The minimum Gasteiger partial charge on any atom is -0.396 e. The second kappa shape index (κ2) is 13.4. The molecule has 0 spiro atoms. The highest BCUT2D eigenvalue weighted by Crippen LogP contribution is 2.32. The molecule has 0 aliphatic rings. The van der Waals surface area contributed by atoms with Gasteiger partial charge in [-0.25, -0.2) is 0 Å². The van der Waals surface area contributed by atoms with Gasteiger partial charge in [0.05, 0.1) is 0 Å². The number of aryl methyl sites for hydroxylation is 4.